The Kier molecular flexibility index (Phi) is 9.81. The molecule has 2 amide bonds. The zero-order valence-corrected chi connectivity index (χ0v) is 23.9. The van der Waals surface area contributed by atoms with Gasteiger partial charge in [-0.05, 0) is 73.9 Å². The molecule has 10 heteroatoms. The Morgan fingerprint density at radius 3 is 2.30 bits per heavy atom. The topological polar surface area (TPSA) is 86.8 Å². The van der Waals surface area contributed by atoms with E-state index in [1.165, 1.54) is 29.2 Å². The van der Waals surface area contributed by atoms with Crippen LogP contribution in [0.25, 0.3) is 0 Å². The lowest BCUT2D eigenvalue weighted by Crippen LogP contribution is -2.53. The van der Waals surface area contributed by atoms with Gasteiger partial charge in [0.1, 0.15) is 18.4 Å². The van der Waals surface area contributed by atoms with E-state index in [1.807, 2.05) is 0 Å². The minimum absolute atomic E-state index is 0.0170. The highest BCUT2D eigenvalue weighted by molar-refractivity contribution is 7.92. The van der Waals surface area contributed by atoms with Crippen LogP contribution in [-0.4, -0.2) is 43.8 Å². The molecular formula is C30H33ClFN3O4S. The van der Waals surface area contributed by atoms with Crippen LogP contribution in [0.3, 0.4) is 0 Å². The first-order valence-corrected chi connectivity index (χ1v) is 15.1. The fourth-order valence-electron chi connectivity index (χ4n) is 4.84. The molecule has 0 aliphatic heterocycles. The van der Waals surface area contributed by atoms with E-state index in [0.717, 1.165) is 48.5 Å². The summed E-state index contributed by atoms with van der Waals surface area (Å²) < 4.78 is 42.1. The van der Waals surface area contributed by atoms with Gasteiger partial charge in [0.2, 0.25) is 11.8 Å². The number of carbonyl (C=O) groups excluding carboxylic acids is 2. The summed E-state index contributed by atoms with van der Waals surface area (Å²) in [5.74, 6) is -1.43. The van der Waals surface area contributed by atoms with Crippen molar-refractivity contribution in [2.75, 3.05) is 10.8 Å². The van der Waals surface area contributed by atoms with Gasteiger partial charge < -0.3 is 10.2 Å². The molecule has 3 aromatic carbocycles. The lowest BCUT2D eigenvalue weighted by Gasteiger charge is -2.33. The fraction of sp³-hybridized carbons (Fsp3) is 0.333. The van der Waals surface area contributed by atoms with Crippen molar-refractivity contribution in [1.29, 1.82) is 0 Å². The maximum atomic E-state index is 13.9. The van der Waals surface area contributed by atoms with Crippen LogP contribution in [0.15, 0.2) is 83.8 Å². The molecule has 1 aliphatic carbocycles. The summed E-state index contributed by atoms with van der Waals surface area (Å²) in [7, 11) is -4.20. The molecule has 3 aromatic rings. The smallest absolute Gasteiger partial charge is 0.264 e. The Morgan fingerprint density at radius 2 is 1.65 bits per heavy atom. The lowest BCUT2D eigenvalue weighted by atomic mass is 9.95. The number of carbonyl (C=O) groups is 2. The van der Waals surface area contributed by atoms with Crippen molar-refractivity contribution in [1.82, 2.24) is 10.2 Å². The minimum Gasteiger partial charge on any atom is -0.352 e. The Balaban J connectivity index is 1.66. The largest absolute Gasteiger partial charge is 0.352 e. The van der Waals surface area contributed by atoms with E-state index in [-0.39, 0.29) is 29.1 Å². The average Bonchev–Trinajstić information content (AvgIpc) is 2.95. The highest BCUT2D eigenvalue weighted by Gasteiger charge is 2.33. The summed E-state index contributed by atoms with van der Waals surface area (Å²) in [6, 6.07) is 18.7. The minimum atomic E-state index is -4.20. The van der Waals surface area contributed by atoms with Crippen molar-refractivity contribution in [3.63, 3.8) is 0 Å². The quantitative estimate of drug-likeness (QED) is 0.338. The first kappa shape index (κ1) is 29.6. The third-order valence-electron chi connectivity index (χ3n) is 7.09. The van der Waals surface area contributed by atoms with Gasteiger partial charge in [0.15, 0.2) is 0 Å². The van der Waals surface area contributed by atoms with Crippen LogP contribution in [0.4, 0.5) is 10.1 Å². The van der Waals surface area contributed by atoms with Crippen LogP contribution < -0.4 is 9.62 Å². The molecule has 1 N–H and O–H groups in total. The van der Waals surface area contributed by atoms with E-state index in [9.17, 15) is 22.4 Å². The number of amides is 2. The third-order valence-corrected chi connectivity index (χ3v) is 9.11. The second-order valence-corrected chi connectivity index (χ2v) is 12.3. The highest BCUT2D eigenvalue weighted by atomic mass is 35.5. The van der Waals surface area contributed by atoms with Crippen LogP contribution in [0.1, 0.15) is 44.6 Å². The molecule has 0 unspecified atom stereocenters. The van der Waals surface area contributed by atoms with Gasteiger partial charge in [0.05, 0.1) is 10.6 Å². The lowest BCUT2D eigenvalue weighted by molar-refractivity contribution is -0.139. The van der Waals surface area contributed by atoms with Crippen LogP contribution in [0.2, 0.25) is 5.02 Å². The molecule has 1 aliphatic rings. The maximum Gasteiger partial charge on any atom is 0.264 e. The Bertz CT molecular complexity index is 1410. The number of rotatable bonds is 10. The molecular weight excluding hydrogens is 553 g/mol. The summed E-state index contributed by atoms with van der Waals surface area (Å²) in [6.07, 6.45) is 4.97. The predicted molar refractivity (Wildman–Crippen MR) is 154 cm³/mol. The fourth-order valence-corrected chi connectivity index (χ4v) is 6.49. The first-order valence-electron chi connectivity index (χ1n) is 13.3. The zero-order chi connectivity index (χ0) is 28.7. The number of sulfonamides is 1. The van der Waals surface area contributed by atoms with E-state index in [1.54, 1.807) is 49.4 Å². The van der Waals surface area contributed by atoms with Crippen LogP contribution in [0, 0.1) is 5.82 Å². The molecule has 1 atom stereocenters. The summed E-state index contributed by atoms with van der Waals surface area (Å²) in [4.78, 5) is 28.6. The SMILES string of the molecule is C[C@@H](C(=O)NC1CCCCC1)N(Cc1cccc(Cl)c1)C(=O)CN(c1ccc(F)cc1)S(=O)(=O)c1ccccc1. The number of hydrogen-bond acceptors (Lipinski definition) is 4. The molecule has 212 valence electrons. The average molecular weight is 586 g/mol. The molecule has 7 nitrogen and oxygen atoms in total. The van der Waals surface area contributed by atoms with Gasteiger partial charge in [0, 0.05) is 17.6 Å². The molecule has 0 aromatic heterocycles. The maximum absolute atomic E-state index is 13.9. The molecule has 0 saturated heterocycles. The summed E-state index contributed by atoms with van der Waals surface area (Å²) in [5, 5.41) is 3.54. The second kappa shape index (κ2) is 13.3. The Labute approximate surface area is 240 Å². The van der Waals surface area contributed by atoms with Crippen molar-refractivity contribution in [3.8, 4) is 0 Å². The van der Waals surface area contributed by atoms with Gasteiger partial charge in [-0.3, -0.25) is 13.9 Å². The molecule has 0 spiro atoms. The molecule has 0 radical (unpaired) electrons. The number of hydrogen-bond donors (Lipinski definition) is 1. The number of anilines is 1. The highest BCUT2D eigenvalue weighted by Crippen LogP contribution is 2.25. The summed E-state index contributed by atoms with van der Waals surface area (Å²) >= 11 is 6.18. The van der Waals surface area contributed by atoms with Gasteiger partial charge in [-0.2, -0.15) is 0 Å². The normalized spacial score (nSPS) is 14.8. The second-order valence-electron chi connectivity index (χ2n) is 9.97. The molecule has 1 saturated carbocycles. The molecule has 40 heavy (non-hydrogen) atoms. The van der Waals surface area contributed by atoms with E-state index >= 15 is 0 Å². The van der Waals surface area contributed by atoms with E-state index in [4.69, 9.17) is 11.6 Å². The molecule has 0 heterocycles. The van der Waals surface area contributed by atoms with E-state index in [2.05, 4.69) is 5.32 Å². The number of benzene rings is 3. The monoisotopic (exact) mass is 585 g/mol. The number of nitrogens with zero attached hydrogens (tertiary/aromatic N) is 2. The Morgan fingerprint density at radius 1 is 0.975 bits per heavy atom. The summed E-state index contributed by atoms with van der Waals surface area (Å²) in [5.41, 5.74) is 0.818. The van der Waals surface area contributed by atoms with Crippen molar-refractivity contribution < 1.29 is 22.4 Å². The van der Waals surface area contributed by atoms with Gasteiger partial charge in [-0.1, -0.05) is 61.2 Å². The van der Waals surface area contributed by atoms with Crippen LogP contribution in [0.5, 0.6) is 0 Å². The van der Waals surface area contributed by atoms with Gasteiger partial charge in [0.25, 0.3) is 10.0 Å². The zero-order valence-electron chi connectivity index (χ0n) is 22.3. The molecule has 1 fully saturated rings. The standard InChI is InChI=1S/C30H33ClFN3O4S/c1-22(30(37)33-26-11-4-2-5-12-26)34(20-23-9-8-10-24(31)19-23)29(36)21-35(27-17-15-25(32)16-18-27)40(38,39)28-13-6-3-7-14-28/h3,6-10,13-19,22,26H,2,4-5,11-12,20-21H2,1H3,(H,33,37)/t22-/m0/s1. The third kappa shape index (κ3) is 7.40. The van der Waals surface area contributed by atoms with Crippen molar-refractivity contribution in [2.45, 2.75) is 62.6 Å². The van der Waals surface area contributed by atoms with Crippen molar-refractivity contribution in [2.24, 2.45) is 0 Å². The number of halogens is 2. The first-order chi connectivity index (χ1) is 19.1. The van der Waals surface area contributed by atoms with Crippen LogP contribution >= 0.6 is 11.6 Å². The van der Waals surface area contributed by atoms with Crippen molar-refractivity contribution >= 4 is 39.1 Å². The van der Waals surface area contributed by atoms with Crippen LogP contribution in [-0.2, 0) is 26.2 Å². The molecule has 0 bridgehead atoms. The van der Waals surface area contributed by atoms with Gasteiger partial charge in [-0.25, -0.2) is 12.8 Å². The van der Waals surface area contributed by atoms with Crippen molar-refractivity contribution in [3.05, 3.63) is 95.3 Å². The Hall–Kier alpha value is -3.43. The van der Waals surface area contributed by atoms with Gasteiger partial charge in [-0.15, -0.1) is 0 Å². The predicted octanol–water partition coefficient (Wildman–Crippen LogP) is 5.54. The van der Waals surface area contributed by atoms with E-state index < -0.39 is 34.3 Å². The summed E-state index contributed by atoms with van der Waals surface area (Å²) in [6.45, 7) is 1.08. The van der Waals surface area contributed by atoms with E-state index in [0.29, 0.717) is 10.6 Å². The number of nitrogens with one attached hydrogen (secondary N) is 1. The molecule has 4 rings (SSSR count). The van der Waals surface area contributed by atoms with Gasteiger partial charge >= 0.3 is 0 Å².